The fourth-order valence-electron chi connectivity index (χ4n) is 2.76. The van der Waals surface area contributed by atoms with Crippen LogP contribution in [0, 0.1) is 0 Å². The van der Waals surface area contributed by atoms with Gasteiger partial charge >= 0.3 is 0 Å². The van der Waals surface area contributed by atoms with Gasteiger partial charge in [-0.1, -0.05) is 42.5 Å². The minimum absolute atomic E-state index is 0.0210. The van der Waals surface area contributed by atoms with Crippen molar-refractivity contribution in [3.63, 3.8) is 0 Å². The summed E-state index contributed by atoms with van der Waals surface area (Å²) in [6.07, 6.45) is 1.79. The lowest BCUT2D eigenvalue weighted by Crippen LogP contribution is -2.37. The standard InChI is InChI=1S/C22H22N2O2S/c25-21(23-12-5-8-17-6-2-1-3-7-17)15-24-22(26)19-10-4-9-18(14-19)20-11-13-27-16-20/h1-4,6-7,9-11,13-14,16H,5,8,12,15H2,(H,23,25)(H,24,26). The first kappa shape index (κ1) is 18.9. The van der Waals surface area contributed by atoms with Gasteiger partial charge in [0, 0.05) is 12.1 Å². The van der Waals surface area contributed by atoms with Crippen molar-refractivity contribution < 1.29 is 9.59 Å². The third-order valence-electron chi connectivity index (χ3n) is 4.20. The van der Waals surface area contributed by atoms with E-state index in [1.54, 1.807) is 17.4 Å². The summed E-state index contributed by atoms with van der Waals surface area (Å²) in [4.78, 5) is 24.2. The molecule has 0 aliphatic carbocycles. The van der Waals surface area contributed by atoms with E-state index in [0.717, 1.165) is 24.0 Å². The molecule has 3 rings (SSSR count). The molecular weight excluding hydrogens is 356 g/mol. The normalized spacial score (nSPS) is 10.4. The van der Waals surface area contributed by atoms with Crippen LogP contribution in [-0.4, -0.2) is 24.9 Å². The van der Waals surface area contributed by atoms with Crippen LogP contribution in [-0.2, 0) is 11.2 Å². The molecule has 0 unspecified atom stereocenters. The lowest BCUT2D eigenvalue weighted by Gasteiger charge is -2.08. The third kappa shape index (κ3) is 5.79. The Kier molecular flexibility index (Phi) is 6.77. The van der Waals surface area contributed by atoms with Gasteiger partial charge in [-0.15, -0.1) is 0 Å². The Bertz CT molecular complexity index is 876. The molecule has 1 heterocycles. The molecule has 5 heteroatoms. The van der Waals surface area contributed by atoms with Crippen molar-refractivity contribution in [3.8, 4) is 11.1 Å². The summed E-state index contributed by atoms with van der Waals surface area (Å²) in [7, 11) is 0. The highest BCUT2D eigenvalue weighted by Gasteiger charge is 2.09. The minimum Gasteiger partial charge on any atom is -0.355 e. The van der Waals surface area contributed by atoms with E-state index in [1.165, 1.54) is 5.56 Å². The highest BCUT2D eigenvalue weighted by atomic mass is 32.1. The average molecular weight is 378 g/mol. The van der Waals surface area contributed by atoms with E-state index in [1.807, 2.05) is 53.2 Å². The predicted octanol–water partition coefficient (Wildman–Crippen LogP) is 3.89. The lowest BCUT2D eigenvalue weighted by molar-refractivity contribution is -0.120. The number of carbonyl (C=O) groups is 2. The predicted molar refractivity (Wildman–Crippen MR) is 110 cm³/mol. The topological polar surface area (TPSA) is 58.2 Å². The van der Waals surface area contributed by atoms with Gasteiger partial charge in [0.2, 0.25) is 5.91 Å². The number of hydrogen-bond donors (Lipinski definition) is 2. The van der Waals surface area contributed by atoms with Crippen molar-refractivity contribution in [2.45, 2.75) is 12.8 Å². The van der Waals surface area contributed by atoms with Crippen molar-refractivity contribution in [3.05, 3.63) is 82.6 Å². The van der Waals surface area contributed by atoms with Crippen molar-refractivity contribution in [2.75, 3.05) is 13.1 Å². The molecule has 0 fully saturated rings. The Morgan fingerprint density at radius 3 is 2.52 bits per heavy atom. The van der Waals surface area contributed by atoms with Gasteiger partial charge in [0.25, 0.3) is 5.91 Å². The minimum atomic E-state index is -0.244. The van der Waals surface area contributed by atoms with Gasteiger partial charge in [0.1, 0.15) is 0 Å². The molecule has 3 aromatic rings. The number of benzene rings is 2. The summed E-state index contributed by atoms with van der Waals surface area (Å²) in [5.74, 6) is -0.420. The van der Waals surface area contributed by atoms with Crippen LogP contribution in [0.3, 0.4) is 0 Å². The molecule has 0 saturated carbocycles. The maximum absolute atomic E-state index is 12.3. The van der Waals surface area contributed by atoms with Crippen LogP contribution in [0.1, 0.15) is 22.3 Å². The second-order valence-corrected chi connectivity index (χ2v) is 6.99. The molecule has 0 aliphatic rings. The third-order valence-corrected chi connectivity index (χ3v) is 4.88. The molecule has 0 bridgehead atoms. The van der Waals surface area contributed by atoms with Crippen LogP contribution in [0.25, 0.3) is 11.1 Å². The average Bonchev–Trinajstić information content (AvgIpc) is 3.25. The van der Waals surface area contributed by atoms with E-state index in [-0.39, 0.29) is 18.4 Å². The maximum Gasteiger partial charge on any atom is 0.251 e. The number of hydrogen-bond acceptors (Lipinski definition) is 3. The zero-order valence-corrected chi connectivity index (χ0v) is 15.8. The van der Waals surface area contributed by atoms with Crippen LogP contribution in [0.2, 0.25) is 0 Å². The molecule has 0 saturated heterocycles. The number of amides is 2. The molecule has 0 atom stereocenters. The fourth-order valence-corrected chi connectivity index (χ4v) is 3.42. The number of nitrogens with one attached hydrogen (secondary N) is 2. The summed E-state index contributed by atoms with van der Waals surface area (Å²) >= 11 is 1.62. The highest BCUT2D eigenvalue weighted by molar-refractivity contribution is 7.08. The maximum atomic E-state index is 12.3. The molecule has 2 N–H and O–H groups in total. The first-order valence-corrected chi connectivity index (χ1v) is 9.88. The van der Waals surface area contributed by atoms with Gasteiger partial charge in [-0.3, -0.25) is 9.59 Å². The monoisotopic (exact) mass is 378 g/mol. The van der Waals surface area contributed by atoms with Crippen molar-refractivity contribution in [1.82, 2.24) is 10.6 Å². The molecule has 1 aromatic heterocycles. The zero-order chi connectivity index (χ0) is 18.9. The molecular formula is C22H22N2O2S. The molecule has 138 valence electrons. The molecule has 4 nitrogen and oxygen atoms in total. The Morgan fingerprint density at radius 2 is 1.74 bits per heavy atom. The number of rotatable bonds is 8. The van der Waals surface area contributed by atoms with Gasteiger partial charge in [-0.2, -0.15) is 11.3 Å². The van der Waals surface area contributed by atoms with E-state index in [0.29, 0.717) is 12.1 Å². The summed E-state index contributed by atoms with van der Waals surface area (Å²) in [6, 6.07) is 19.6. The van der Waals surface area contributed by atoms with Crippen molar-refractivity contribution in [2.24, 2.45) is 0 Å². The quantitative estimate of drug-likeness (QED) is 0.584. The Morgan fingerprint density at radius 1 is 0.889 bits per heavy atom. The van der Waals surface area contributed by atoms with Crippen LogP contribution >= 0.6 is 11.3 Å². The first-order chi connectivity index (χ1) is 13.2. The van der Waals surface area contributed by atoms with Crippen molar-refractivity contribution in [1.29, 1.82) is 0 Å². The summed E-state index contributed by atoms with van der Waals surface area (Å²) in [6.45, 7) is 0.574. The van der Waals surface area contributed by atoms with E-state index in [2.05, 4.69) is 22.8 Å². The Hall–Kier alpha value is -2.92. The number of aryl methyl sites for hydroxylation is 1. The van der Waals surface area contributed by atoms with E-state index in [4.69, 9.17) is 0 Å². The van der Waals surface area contributed by atoms with E-state index in [9.17, 15) is 9.59 Å². The smallest absolute Gasteiger partial charge is 0.251 e. The number of carbonyl (C=O) groups excluding carboxylic acids is 2. The van der Waals surface area contributed by atoms with Crippen molar-refractivity contribution >= 4 is 23.2 Å². The summed E-state index contributed by atoms with van der Waals surface area (Å²) in [5.41, 5.74) is 3.89. The lowest BCUT2D eigenvalue weighted by atomic mass is 10.1. The van der Waals surface area contributed by atoms with E-state index >= 15 is 0 Å². The highest BCUT2D eigenvalue weighted by Crippen LogP contribution is 2.22. The fraction of sp³-hybridized carbons (Fsp3) is 0.182. The molecule has 27 heavy (non-hydrogen) atoms. The molecule has 2 amide bonds. The summed E-state index contributed by atoms with van der Waals surface area (Å²) < 4.78 is 0. The molecule has 0 spiro atoms. The second-order valence-electron chi connectivity index (χ2n) is 6.21. The van der Waals surface area contributed by atoms with Gasteiger partial charge in [-0.05, 0) is 58.5 Å². The molecule has 0 radical (unpaired) electrons. The molecule has 0 aliphatic heterocycles. The van der Waals surface area contributed by atoms with Gasteiger partial charge < -0.3 is 10.6 Å². The Balaban J connectivity index is 1.41. The second kappa shape index (κ2) is 9.69. The van der Waals surface area contributed by atoms with Crippen LogP contribution < -0.4 is 10.6 Å². The Labute approximate surface area is 163 Å². The van der Waals surface area contributed by atoms with Crippen LogP contribution in [0.5, 0.6) is 0 Å². The van der Waals surface area contributed by atoms with Gasteiger partial charge in [0.05, 0.1) is 6.54 Å². The largest absolute Gasteiger partial charge is 0.355 e. The van der Waals surface area contributed by atoms with Crippen LogP contribution in [0.4, 0.5) is 0 Å². The van der Waals surface area contributed by atoms with Crippen LogP contribution in [0.15, 0.2) is 71.4 Å². The SMILES string of the molecule is O=C(CNC(=O)c1cccc(-c2ccsc2)c1)NCCCc1ccccc1. The zero-order valence-electron chi connectivity index (χ0n) is 15.0. The first-order valence-electron chi connectivity index (χ1n) is 8.94. The van der Waals surface area contributed by atoms with Gasteiger partial charge in [-0.25, -0.2) is 0 Å². The molecule has 2 aromatic carbocycles. The number of thiophene rings is 1. The summed E-state index contributed by atoms with van der Waals surface area (Å²) in [5, 5.41) is 9.57. The van der Waals surface area contributed by atoms with Gasteiger partial charge in [0.15, 0.2) is 0 Å². The van der Waals surface area contributed by atoms with E-state index < -0.39 is 0 Å².